The molecule has 4 aromatic rings. The quantitative estimate of drug-likeness (QED) is 0.446. The van der Waals surface area contributed by atoms with Crippen LogP contribution in [0.5, 0.6) is 0 Å². The molecule has 5 nitrogen and oxygen atoms in total. The lowest BCUT2D eigenvalue weighted by atomic mass is 9.95. The molecule has 0 unspecified atom stereocenters. The summed E-state index contributed by atoms with van der Waals surface area (Å²) in [6, 6.07) is 28.0. The van der Waals surface area contributed by atoms with E-state index < -0.39 is 0 Å². The van der Waals surface area contributed by atoms with Gasteiger partial charge in [-0.2, -0.15) is 0 Å². The molecule has 1 fully saturated rings. The van der Waals surface area contributed by atoms with Gasteiger partial charge in [0.1, 0.15) is 0 Å². The van der Waals surface area contributed by atoms with Gasteiger partial charge in [0.15, 0.2) is 0 Å². The number of fused-ring (bicyclic) bond motifs is 2. The average Bonchev–Trinajstić information content (AvgIpc) is 2.85. The number of piperidine rings is 1. The van der Waals surface area contributed by atoms with Crippen LogP contribution in [0.2, 0.25) is 0 Å². The Balaban J connectivity index is 1.15. The van der Waals surface area contributed by atoms with Crippen molar-refractivity contribution >= 4 is 44.7 Å². The summed E-state index contributed by atoms with van der Waals surface area (Å²) in [6.07, 6.45) is 1.50. The first-order chi connectivity index (χ1) is 16.2. The third-order valence-corrected chi connectivity index (χ3v) is 6.44. The zero-order valence-corrected chi connectivity index (χ0v) is 18.5. The zero-order chi connectivity index (χ0) is 22.6. The highest BCUT2D eigenvalue weighted by atomic mass is 16.2. The topological polar surface area (TPSA) is 61.4 Å². The maximum absolute atomic E-state index is 12.9. The first kappa shape index (κ1) is 21.2. The molecular formula is C28H27N3O2. The molecule has 2 amide bonds. The van der Waals surface area contributed by atoms with E-state index in [9.17, 15) is 9.59 Å². The van der Waals surface area contributed by atoms with Crippen molar-refractivity contribution in [2.75, 3.05) is 30.3 Å². The van der Waals surface area contributed by atoms with Crippen LogP contribution in [0.3, 0.4) is 0 Å². The van der Waals surface area contributed by atoms with Gasteiger partial charge in [-0.15, -0.1) is 0 Å². The molecule has 4 aromatic carbocycles. The number of carbonyl (C=O) groups is 2. The number of hydrogen-bond donors (Lipinski definition) is 2. The first-order valence-corrected chi connectivity index (χ1v) is 11.5. The molecule has 5 heteroatoms. The van der Waals surface area contributed by atoms with Crippen LogP contribution in [0.4, 0.5) is 11.4 Å². The minimum Gasteiger partial charge on any atom is -0.325 e. The van der Waals surface area contributed by atoms with E-state index in [1.54, 1.807) is 0 Å². The van der Waals surface area contributed by atoms with E-state index in [2.05, 4.69) is 15.5 Å². The van der Waals surface area contributed by atoms with Gasteiger partial charge >= 0.3 is 0 Å². The number of hydrogen-bond acceptors (Lipinski definition) is 3. The number of benzene rings is 4. The van der Waals surface area contributed by atoms with Crippen LogP contribution >= 0.6 is 0 Å². The first-order valence-electron chi connectivity index (χ1n) is 11.5. The number of anilines is 2. The van der Waals surface area contributed by atoms with Gasteiger partial charge in [0.05, 0.1) is 6.54 Å². The lowest BCUT2D eigenvalue weighted by Crippen LogP contribution is -2.41. The highest BCUT2D eigenvalue weighted by Gasteiger charge is 2.26. The predicted octanol–water partition coefficient (Wildman–Crippen LogP) is 5.28. The molecule has 1 aliphatic heterocycles. The lowest BCUT2D eigenvalue weighted by Gasteiger charge is -2.30. The summed E-state index contributed by atoms with van der Waals surface area (Å²) in [5, 5.41) is 10.5. The van der Waals surface area contributed by atoms with E-state index in [1.165, 1.54) is 0 Å². The van der Waals surface area contributed by atoms with Crippen molar-refractivity contribution < 1.29 is 9.59 Å². The summed E-state index contributed by atoms with van der Waals surface area (Å²) in [4.78, 5) is 27.7. The van der Waals surface area contributed by atoms with Crippen molar-refractivity contribution in [1.29, 1.82) is 0 Å². The molecule has 0 spiro atoms. The highest BCUT2D eigenvalue weighted by molar-refractivity contribution is 6.03. The van der Waals surface area contributed by atoms with E-state index in [4.69, 9.17) is 0 Å². The number of nitrogens with zero attached hydrogens (tertiary/aromatic N) is 1. The van der Waals surface area contributed by atoms with Crippen molar-refractivity contribution in [3.8, 4) is 0 Å². The van der Waals surface area contributed by atoms with Crippen LogP contribution in [0.1, 0.15) is 12.8 Å². The Bertz CT molecular complexity index is 1300. The number of carbonyl (C=O) groups excluding carboxylic acids is 2. The Labute approximate surface area is 193 Å². The maximum atomic E-state index is 12.9. The molecule has 0 bridgehead atoms. The van der Waals surface area contributed by atoms with Gasteiger partial charge in [-0.25, -0.2) is 0 Å². The zero-order valence-electron chi connectivity index (χ0n) is 18.5. The molecule has 1 heterocycles. The van der Waals surface area contributed by atoms with Crippen molar-refractivity contribution in [1.82, 2.24) is 4.90 Å². The van der Waals surface area contributed by atoms with E-state index in [-0.39, 0.29) is 17.7 Å². The molecule has 166 valence electrons. The summed E-state index contributed by atoms with van der Waals surface area (Å²) < 4.78 is 0. The molecule has 0 saturated carbocycles. The molecule has 0 radical (unpaired) electrons. The van der Waals surface area contributed by atoms with Gasteiger partial charge in [0, 0.05) is 28.1 Å². The summed E-state index contributed by atoms with van der Waals surface area (Å²) in [5.74, 6) is -0.00225. The van der Waals surface area contributed by atoms with Gasteiger partial charge < -0.3 is 10.6 Å². The van der Waals surface area contributed by atoms with Gasteiger partial charge in [-0.3, -0.25) is 14.5 Å². The number of likely N-dealkylation sites (tertiary alicyclic amines) is 1. The third-order valence-electron chi connectivity index (χ3n) is 6.44. The van der Waals surface area contributed by atoms with Crippen molar-refractivity contribution in [2.24, 2.45) is 5.92 Å². The Kier molecular flexibility index (Phi) is 6.05. The highest BCUT2D eigenvalue weighted by Crippen LogP contribution is 2.26. The minimum absolute atomic E-state index is 0.0231. The largest absolute Gasteiger partial charge is 0.325 e. The van der Waals surface area contributed by atoms with E-state index in [0.29, 0.717) is 6.54 Å². The van der Waals surface area contributed by atoms with Crippen LogP contribution in [0.25, 0.3) is 21.5 Å². The summed E-state index contributed by atoms with van der Waals surface area (Å²) in [5.41, 5.74) is 1.69. The Hall–Kier alpha value is -3.70. The Morgan fingerprint density at radius 2 is 1.21 bits per heavy atom. The van der Waals surface area contributed by atoms with E-state index >= 15 is 0 Å². The molecule has 1 aliphatic rings. The lowest BCUT2D eigenvalue weighted by molar-refractivity contribution is -0.121. The standard InChI is InChI=1S/C28H27N3O2/c32-27(29-25-13-5-9-20-7-1-3-11-23(20)25)19-31-17-15-22(16-18-31)28(33)30-26-14-6-10-21-8-2-4-12-24(21)26/h1-14,22H,15-19H2,(H,29,32)(H,30,33). The monoisotopic (exact) mass is 437 g/mol. The second kappa shape index (κ2) is 9.43. The number of amides is 2. The van der Waals surface area contributed by atoms with Gasteiger partial charge in [-0.1, -0.05) is 72.8 Å². The predicted molar refractivity (Wildman–Crippen MR) is 134 cm³/mol. The summed E-state index contributed by atoms with van der Waals surface area (Å²) in [7, 11) is 0. The molecule has 2 N–H and O–H groups in total. The number of nitrogens with one attached hydrogen (secondary N) is 2. The van der Waals surface area contributed by atoms with Crippen LogP contribution in [0, 0.1) is 5.92 Å². The van der Waals surface area contributed by atoms with Gasteiger partial charge in [0.2, 0.25) is 11.8 Å². The second-order valence-electron chi connectivity index (χ2n) is 8.64. The molecule has 1 saturated heterocycles. The average molecular weight is 438 g/mol. The van der Waals surface area contributed by atoms with E-state index in [0.717, 1.165) is 58.9 Å². The maximum Gasteiger partial charge on any atom is 0.238 e. The SMILES string of the molecule is O=C(CN1CCC(C(=O)Nc2cccc3ccccc23)CC1)Nc1cccc2ccccc12. The number of rotatable bonds is 5. The normalized spacial score (nSPS) is 14.9. The minimum atomic E-state index is -0.0404. The van der Waals surface area contributed by atoms with Crippen LogP contribution in [-0.2, 0) is 9.59 Å². The third kappa shape index (κ3) is 4.73. The van der Waals surface area contributed by atoms with Crippen molar-refractivity contribution in [3.05, 3.63) is 84.9 Å². The molecule has 0 aromatic heterocycles. The van der Waals surface area contributed by atoms with Crippen molar-refractivity contribution in [2.45, 2.75) is 12.8 Å². The van der Waals surface area contributed by atoms with Gasteiger partial charge in [0.25, 0.3) is 0 Å². The molecule has 0 atom stereocenters. The fourth-order valence-electron chi connectivity index (χ4n) is 4.65. The smallest absolute Gasteiger partial charge is 0.238 e. The summed E-state index contributed by atoms with van der Waals surface area (Å²) >= 11 is 0. The Morgan fingerprint density at radius 3 is 1.82 bits per heavy atom. The molecule has 33 heavy (non-hydrogen) atoms. The Morgan fingerprint density at radius 1 is 0.697 bits per heavy atom. The van der Waals surface area contributed by atoms with Crippen LogP contribution in [-0.4, -0.2) is 36.3 Å². The fourth-order valence-corrected chi connectivity index (χ4v) is 4.65. The molecule has 5 rings (SSSR count). The van der Waals surface area contributed by atoms with E-state index in [1.807, 2.05) is 84.9 Å². The fraction of sp³-hybridized carbons (Fsp3) is 0.214. The molecule has 0 aliphatic carbocycles. The van der Waals surface area contributed by atoms with Crippen LogP contribution in [0.15, 0.2) is 84.9 Å². The van der Waals surface area contributed by atoms with Crippen molar-refractivity contribution in [3.63, 3.8) is 0 Å². The van der Waals surface area contributed by atoms with Crippen LogP contribution < -0.4 is 10.6 Å². The van der Waals surface area contributed by atoms with Gasteiger partial charge in [-0.05, 0) is 48.8 Å². The molecular weight excluding hydrogens is 410 g/mol. The summed E-state index contributed by atoms with van der Waals surface area (Å²) in [6.45, 7) is 1.80. The second-order valence-corrected chi connectivity index (χ2v) is 8.64.